The van der Waals surface area contributed by atoms with Crippen molar-refractivity contribution >= 4 is 10.9 Å². The summed E-state index contributed by atoms with van der Waals surface area (Å²) in [5.41, 5.74) is 2.59. The third kappa shape index (κ3) is 1.32. The number of aryl methyl sites for hydroxylation is 1. The van der Waals surface area contributed by atoms with Gasteiger partial charge in [0.25, 0.3) is 0 Å². The molecule has 0 atom stereocenters. The highest BCUT2D eigenvalue weighted by molar-refractivity contribution is 5.79. The molecule has 1 aromatic heterocycles. The predicted molar refractivity (Wildman–Crippen MR) is 54.8 cm³/mol. The standard InChI is InChI=1S/C11H14N2/c1-8(2)9-4-5-10-7-12-13(3)11(10)6-9/h4-8H,1-3H3. The molecule has 0 N–H and O–H groups in total. The van der Waals surface area contributed by atoms with Gasteiger partial charge in [0, 0.05) is 12.4 Å². The van der Waals surface area contributed by atoms with Crippen LogP contribution in [0.4, 0.5) is 0 Å². The molecule has 0 bridgehead atoms. The average Bonchev–Trinajstić information content (AvgIpc) is 2.47. The van der Waals surface area contributed by atoms with Crippen molar-refractivity contribution < 1.29 is 0 Å². The van der Waals surface area contributed by atoms with Crippen LogP contribution in [-0.4, -0.2) is 9.78 Å². The van der Waals surface area contributed by atoms with Gasteiger partial charge >= 0.3 is 0 Å². The van der Waals surface area contributed by atoms with Crippen molar-refractivity contribution in [3.8, 4) is 0 Å². The molecule has 0 spiro atoms. The minimum atomic E-state index is 0.583. The number of rotatable bonds is 1. The molecule has 0 amide bonds. The number of aromatic nitrogens is 2. The number of hydrogen-bond donors (Lipinski definition) is 0. The molecule has 2 rings (SSSR count). The second-order valence-electron chi connectivity index (χ2n) is 3.74. The summed E-state index contributed by atoms with van der Waals surface area (Å²) < 4.78 is 1.92. The third-order valence-electron chi connectivity index (χ3n) is 2.44. The van der Waals surface area contributed by atoms with E-state index in [9.17, 15) is 0 Å². The molecule has 0 aliphatic heterocycles. The van der Waals surface area contributed by atoms with Crippen LogP contribution in [0.2, 0.25) is 0 Å². The molecular formula is C11H14N2. The first kappa shape index (κ1) is 8.30. The van der Waals surface area contributed by atoms with Crippen molar-refractivity contribution in [3.05, 3.63) is 30.0 Å². The van der Waals surface area contributed by atoms with Gasteiger partial charge in [-0.3, -0.25) is 4.68 Å². The van der Waals surface area contributed by atoms with Gasteiger partial charge in [-0.1, -0.05) is 26.0 Å². The summed E-state index contributed by atoms with van der Waals surface area (Å²) in [6.45, 7) is 4.41. The summed E-state index contributed by atoms with van der Waals surface area (Å²) in [6.07, 6.45) is 1.90. The molecule has 0 aliphatic rings. The molecule has 0 unspecified atom stereocenters. The van der Waals surface area contributed by atoms with Crippen LogP contribution in [-0.2, 0) is 7.05 Å². The lowest BCUT2D eigenvalue weighted by atomic mass is 10.0. The van der Waals surface area contributed by atoms with E-state index in [2.05, 4.69) is 37.1 Å². The van der Waals surface area contributed by atoms with Crippen LogP contribution in [0.3, 0.4) is 0 Å². The van der Waals surface area contributed by atoms with Crippen LogP contribution in [0.5, 0.6) is 0 Å². The molecule has 0 radical (unpaired) electrons. The van der Waals surface area contributed by atoms with Gasteiger partial charge in [-0.15, -0.1) is 0 Å². The minimum absolute atomic E-state index is 0.583. The third-order valence-corrected chi connectivity index (χ3v) is 2.44. The van der Waals surface area contributed by atoms with Crippen molar-refractivity contribution in [2.24, 2.45) is 7.05 Å². The van der Waals surface area contributed by atoms with Gasteiger partial charge in [0.2, 0.25) is 0 Å². The van der Waals surface area contributed by atoms with E-state index < -0.39 is 0 Å². The Hall–Kier alpha value is -1.31. The van der Waals surface area contributed by atoms with Gasteiger partial charge in [-0.25, -0.2) is 0 Å². The van der Waals surface area contributed by atoms with E-state index >= 15 is 0 Å². The van der Waals surface area contributed by atoms with Crippen molar-refractivity contribution in [2.45, 2.75) is 19.8 Å². The maximum absolute atomic E-state index is 4.21. The van der Waals surface area contributed by atoms with Crippen LogP contribution in [0.25, 0.3) is 10.9 Å². The zero-order valence-corrected chi connectivity index (χ0v) is 8.28. The van der Waals surface area contributed by atoms with Gasteiger partial charge in [-0.05, 0) is 17.5 Å². The Labute approximate surface area is 78.2 Å². The van der Waals surface area contributed by atoms with Gasteiger partial charge in [0.1, 0.15) is 0 Å². The highest BCUT2D eigenvalue weighted by Gasteiger charge is 2.03. The quantitative estimate of drug-likeness (QED) is 0.650. The lowest BCUT2D eigenvalue weighted by Gasteiger charge is -2.04. The zero-order valence-electron chi connectivity index (χ0n) is 8.28. The van der Waals surface area contributed by atoms with Crippen molar-refractivity contribution in [2.75, 3.05) is 0 Å². The highest BCUT2D eigenvalue weighted by Crippen LogP contribution is 2.20. The summed E-state index contributed by atoms with van der Waals surface area (Å²) >= 11 is 0. The van der Waals surface area contributed by atoms with E-state index in [1.165, 1.54) is 16.5 Å². The van der Waals surface area contributed by atoms with E-state index in [1.54, 1.807) is 0 Å². The van der Waals surface area contributed by atoms with Gasteiger partial charge in [0.05, 0.1) is 11.7 Å². The Bertz CT molecular complexity index is 427. The summed E-state index contributed by atoms with van der Waals surface area (Å²) in [5, 5.41) is 5.43. The smallest absolute Gasteiger partial charge is 0.0681 e. The van der Waals surface area contributed by atoms with Crippen LogP contribution < -0.4 is 0 Å². The predicted octanol–water partition coefficient (Wildman–Crippen LogP) is 2.70. The molecular weight excluding hydrogens is 160 g/mol. The monoisotopic (exact) mass is 174 g/mol. The maximum Gasteiger partial charge on any atom is 0.0681 e. The fourth-order valence-electron chi connectivity index (χ4n) is 1.52. The average molecular weight is 174 g/mol. The molecule has 2 heteroatoms. The largest absolute Gasteiger partial charge is 0.268 e. The topological polar surface area (TPSA) is 17.8 Å². The van der Waals surface area contributed by atoms with E-state index in [4.69, 9.17) is 0 Å². The first-order valence-corrected chi connectivity index (χ1v) is 4.60. The molecule has 1 aromatic carbocycles. The van der Waals surface area contributed by atoms with Crippen LogP contribution >= 0.6 is 0 Å². The normalized spacial score (nSPS) is 11.4. The first-order valence-electron chi connectivity index (χ1n) is 4.60. The van der Waals surface area contributed by atoms with Crippen LogP contribution in [0.15, 0.2) is 24.4 Å². The Morgan fingerprint density at radius 3 is 2.77 bits per heavy atom. The summed E-state index contributed by atoms with van der Waals surface area (Å²) in [4.78, 5) is 0. The second kappa shape index (κ2) is 2.87. The van der Waals surface area contributed by atoms with E-state index in [-0.39, 0.29) is 0 Å². The molecule has 13 heavy (non-hydrogen) atoms. The number of hydrogen-bond acceptors (Lipinski definition) is 1. The molecule has 2 nitrogen and oxygen atoms in total. The van der Waals surface area contributed by atoms with Gasteiger partial charge in [0.15, 0.2) is 0 Å². The molecule has 68 valence electrons. The molecule has 0 saturated carbocycles. The lowest BCUT2D eigenvalue weighted by molar-refractivity contribution is 0.794. The SMILES string of the molecule is CC(C)c1ccc2cnn(C)c2c1. The van der Waals surface area contributed by atoms with E-state index in [0.717, 1.165) is 0 Å². The van der Waals surface area contributed by atoms with Crippen LogP contribution in [0.1, 0.15) is 25.3 Å². The number of benzene rings is 1. The Morgan fingerprint density at radius 2 is 2.08 bits per heavy atom. The van der Waals surface area contributed by atoms with Crippen molar-refractivity contribution in [3.63, 3.8) is 0 Å². The van der Waals surface area contributed by atoms with Crippen molar-refractivity contribution in [1.82, 2.24) is 9.78 Å². The Morgan fingerprint density at radius 1 is 1.31 bits per heavy atom. The molecule has 0 fully saturated rings. The van der Waals surface area contributed by atoms with E-state index in [1.807, 2.05) is 17.9 Å². The first-order chi connectivity index (χ1) is 6.18. The fourth-order valence-corrected chi connectivity index (χ4v) is 1.52. The molecule has 2 aromatic rings. The summed E-state index contributed by atoms with van der Waals surface area (Å²) in [5.74, 6) is 0.583. The highest BCUT2D eigenvalue weighted by atomic mass is 15.2. The minimum Gasteiger partial charge on any atom is -0.268 e. The molecule has 0 aliphatic carbocycles. The maximum atomic E-state index is 4.21. The second-order valence-corrected chi connectivity index (χ2v) is 3.74. The van der Waals surface area contributed by atoms with Gasteiger partial charge in [-0.2, -0.15) is 5.10 Å². The number of fused-ring (bicyclic) bond motifs is 1. The fraction of sp³-hybridized carbons (Fsp3) is 0.364. The zero-order chi connectivity index (χ0) is 9.42. The van der Waals surface area contributed by atoms with E-state index in [0.29, 0.717) is 5.92 Å². The Kier molecular flexibility index (Phi) is 1.83. The van der Waals surface area contributed by atoms with Crippen LogP contribution in [0, 0.1) is 0 Å². The summed E-state index contributed by atoms with van der Waals surface area (Å²) in [6, 6.07) is 6.53. The lowest BCUT2D eigenvalue weighted by Crippen LogP contribution is -1.91. The van der Waals surface area contributed by atoms with Crippen molar-refractivity contribution in [1.29, 1.82) is 0 Å². The number of nitrogens with zero attached hydrogens (tertiary/aromatic N) is 2. The summed E-state index contributed by atoms with van der Waals surface area (Å²) in [7, 11) is 1.98. The Balaban J connectivity index is 2.66. The molecule has 0 saturated heterocycles. The molecule has 1 heterocycles. The van der Waals surface area contributed by atoms with Gasteiger partial charge < -0.3 is 0 Å².